The smallest absolute Gasteiger partial charge is 0.244 e. The topological polar surface area (TPSA) is 55.1 Å². The highest BCUT2D eigenvalue weighted by Crippen LogP contribution is 2.10. The van der Waals surface area contributed by atoms with Crippen molar-refractivity contribution in [1.82, 2.24) is 5.32 Å². The number of rotatable bonds is 5. The number of benzene rings is 1. The zero-order valence-electron chi connectivity index (χ0n) is 9.40. The van der Waals surface area contributed by atoms with Crippen molar-refractivity contribution in [3.05, 3.63) is 53.1 Å². The van der Waals surface area contributed by atoms with Crippen molar-refractivity contribution < 1.29 is 4.79 Å². The van der Waals surface area contributed by atoms with Crippen LogP contribution < -0.4 is 11.1 Å². The first kappa shape index (κ1) is 13.5. The van der Waals surface area contributed by atoms with Crippen molar-refractivity contribution in [2.45, 2.75) is 0 Å². The Morgan fingerprint density at radius 3 is 2.65 bits per heavy atom. The zero-order valence-corrected chi connectivity index (χ0v) is 10.2. The van der Waals surface area contributed by atoms with E-state index in [2.05, 4.69) is 5.32 Å². The van der Waals surface area contributed by atoms with Crippen molar-refractivity contribution >= 4 is 23.6 Å². The SMILES string of the molecule is NC/C=C/CNC(=O)/C=C/c1ccc(Cl)cc1. The first-order chi connectivity index (χ1) is 8.22. The molecule has 0 radical (unpaired) electrons. The van der Waals surface area contributed by atoms with E-state index < -0.39 is 0 Å². The van der Waals surface area contributed by atoms with E-state index in [-0.39, 0.29) is 5.91 Å². The number of nitrogens with two attached hydrogens (primary N) is 1. The molecule has 0 spiro atoms. The van der Waals surface area contributed by atoms with Crippen LogP contribution >= 0.6 is 11.6 Å². The Morgan fingerprint density at radius 2 is 2.00 bits per heavy atom. The predicted octanol–water partition coefficient (Wildman–Crippen LogP) is 1.98. The van der Waals surface area contributed by atoms with E-state index in [4.69, 9.17) is 17.3 Å². The predicted molar refractivity (Wildman–Crippen MR) is 71.7 cm³/mol. The molecule has 17 heavy (non-hydrogen) atoms. The third kappa shape index (κ3) is 5.90. The maximum absolute atomic E-state index is 11.4. The van der Waals surface area contributed by atoms with Gasteiger partial charge in [0.2, 0.25) is 5.91 Å². The third-order valence-electron chi connectivity index (χ3n) is 1.99. The Bertz CT molecular complexity index is 410. The second kappa shape index (κ2) is 7.65. The fraction of sp³-hybridized carbons (Fsp3) is 0.154. The molecule has 0 unspecified atom stereocenters. The Morgan fingerprint density at radius 1 is 1.29 bits per heavy atom. The average Bonchev–Trinajstić information content (AvgIpc) is 2.34. The van der Waals surface area contributed by atoms with Gasteiger partial charge < -0.3 is 11.1 Å². The molecule has 0 fully saturated rings. The van der Waals surface area contributed by atoms with Gasteiger partial charge in [0.05, 0.1) is 0 Å². The molecule has 90 valence electrons. The highest BCUT2D eigenvalue weighted by Gasteiger charge is 1.92. The molecule has 0 saturated heterocycles. The Hall–Kier alpha value is -1.58. The zero-order chi connectivity index (χ0) is 12.5. The second-order valence-corrected chi connectivity index (χ2v) is 3.77. The summed E-state index contributed by atoms with van der Waals surface area (Å²) in [6.45, 7) is 0.970. The van der Waals surface area contributed by atoms with E-state index in [1.807, 2.05) is 18.2 Å². The normalized spacial score (nSPS) is 11.2. The van der Waals surface area contributed by atoms with Gasteiger partial charge in [-0.3, -0.25) is 4.79 Å². The molecule has 1 rings (SSSR count). The average molecular weight is 251 g/mol. The fourth-order valence-electron chi connectivity index (χ4n) is 1.14. The van der Waals surface area contributed by atoms with Crippen LogP contribution in [0.2, 0.25) is 5.02 Å². The molecule has 0 aromatic heterocycles. The summed E-state index contributed by atoms with van der Waals surface area (Å²) < 4.78 is 0. The quantitative estimate of drug-likeness (QED) is 0.620. The highest BCUT2D eigenvalue weighted by molar-refractivity contribution is 6.30. The molecule has 3 nitrogen and oxygen atoms in total. The van der Waals surface area contributed by atoms with Gasteiger partial charge in [-0.25, -0.2) is 0 Å². The minimum atomic E-state index is -0.137. The molecule has 0 aliphatic heterocycles. The lowest BCUT2D eigenvalue weighted by Gasteiger charge is -1.96. The number of nitrogens with one attached hydrogen (secondary N) is 1. The molecule has 1 aromatic rings. The van der Waals surface area contributed by atoms with E-state index in [0.717, 1.165) is 5.56 Å². The summed E-state index contributed by atoms with van der Waals surface area (Å²) in [5.41, 5.74) is 6.20. The second-order valence-electron chi connectivity index (χ2n) is 3.34. The van der Waals surface area contributed by atoms with E-state index in [0.29, 0.717) is 18.1 Å². The molecule has 0 aliphatic rings. The van der Waals surface area contributed by atoms with Crippen LogP contribution in [0.5, 0.6) is 0 Å². The summed E-state index contributed by atoms with van der Waals surface area (Å²) in [6, 6.07) is 7.26. The van der Waals surface area contributed by atoms with Gasteiger partial charge in [0.1, 0.15) is 0 Å². The molecular weight excluding hydrogens is 236 g/mol. The van der Waals surface area contributed by atoms with Crippen LogP contribution in [0.1, 0.15) is 5.56 Å². The minimum absolute atomic E-state index is 0.137. The Kier molecular flexibility index (Phi) is 6.07. The number of hydrogen-bond donors (Lipinski definition) is 2. The van der Waals surface area contributed by atoms with Crippen LogP contribution in [0.3, 0.4) is 0 Å². The lowest BCUT2D eigenvalue weighted by molar-refractivity contribution is -0.116. The molecule has 0 heterocycles. The summed E-state index contributed by atoms with van der Waals surface area (Å²) in [4.78, 5) is 11.4. The Labute approximate surface area is 106 Å². The van der Waals surface area contributed by atoms with Gasteiger partial charge in [-0.1, -0.05) is 35.9 Å². The van der Waals surface area contributed by atoms with Crippen molar-refractivity contribution in [2.24, 2.45) is 5.73 Å². The van der Waals surface area contributed by atoms with Gasteiger partial charge in [0, 0.05) is 24.2 Å². The van der Waals surface area contributed by atoms with Crippen LogP contribution in [0.4, 0.5) is 0 Å². The molecule has 0 saturated carbocycles. The molecule has 4 heteroatoms. The Balaban J connectivity index is 2.40. The largest absolute Gasteiger partial charge is 0.349 e. The summed E-state index contributed by atoms with van der Waals surface area (Å²) in [7, 11) is 0. The number of carbonyl (C=O) groups is 1. The molecule has 0 aliphatic carbocycles. The van der Waals surface area contributed by atoms with Crippen LogP contribution in [0.25, 0.3) is 6.08 Å². The van der Waals surface area contributed by atoms with E-state index in [1.165, 1.54) is 6.08 Å². The minimum Gasteiger partial charge on any atom is -0.349 e. The maximum atomic E-state index is 11.4. The van der Waals surface area contributed by atoms with E-state index >= 15 is 0 Å². The molecule has 1 amide bonds. The maximum Gasteiger partial charge on any atom is 0.244 e. The standard InChI is InChI=1S/C13H15ClN2O/c14-12-6-3-11(4-7-12)5-8-13(17)16-10-2-1-9-15/h1-8H,9-10,15H2,(H,16,17)/b2-1+,8-5+. The van der Waals surface area contributed by atoms with Gasteiger partial charge in [-0.2, -0.15) is 0 Å². The van der Waals surface area contributed by atoms with Crippen LogP contribution in [-0.2, 0) is 4.79 Å². The summed E-state index contributed by atoms with van der Waals surface area (Å²) in [5.74, 6) is -0.137. The van der Waals surface area contributed by atoms with Gasteiger partial charge in [0.25, 0.3) is 0 Å². The first-order valence-corrected chi connectivity index (χ1v) is 5.66. The van der Waals surface area contributed by atoms with Crippen LogP contribution in [0, 0.1) is 0 Å². The monoisotopic (exact) mass is 250 g/mol. The van der Waals surface area contributed by atoms with Gasteiger partial charge in [-0.15, -0.1) is 0 Å². The highest BCUT2D eigenvalue weighted by atomic mass is 35.5. The molecule has 1 aromatic carbocycles. The lowest BCUT2D eigenvalue weighted by Crippen LogP contribution is -2.20. The van der Waals surface area contributed by atoms with Crippen molar-refractivity contribution in [1.29, 1.82) is 0 Å². The van der Waals surface area contributed by atoms with Crippen molar-refractivity contribution in [3.8, 4) is 0 Å². The summed E-state index contributed by atoms with van der Waals surface area (Å²) in [5, 5.41) is 3.38. The number of halogens is 1. The molecule has 0 atom stereocenters. The number of amides is 1. The number of carbonyl (C=O) groups excluding carboxylic acids is 1. The van der Waals surface area contributed by atoms with E-state index in [9.17, 15) is 4.79 Å². The molecular formula is C13H15ClN2O. The van der Waals surface area contributed by atoms with Crippen molar-refractivity contribution in [3.63, 3.8) is 0 Å². The van der Waals surface area contributed by atoms with Gasteiger partial charge >= 0.3 is 0 Å². The molecule has 0 bridgehead atoms. The van der Waals surface area contributed by atoms with Crippen molar-refractivity contribution in [2.75, 3.05) is 13.1 Å². The third-order valence-corrected chi connectivity index (χ3v) is 2.25. The summed E-state index contributed by atoms with van der Waals surface area (Å²) >= 11 is 5.75. The molecule has 3 N–H and O–H groups in total. The summed E-state index contributed by atoms with van der Waals surface area (Å²) in [6.07, 6.45) is 6.83. The van der Waals surface area contributed by atoms with E-state index in [1.54, 1.807) is 24.3 Å². The fourth-order valence-corrected chi connectivity index (χ4v) is 1.27. The van der Waals surface area contributed by atoms with Gasteiger partial charge in [0.15, 0.2) is 0 Å². The first-order valence-electron chi connectivity index (χ1n) is 5.29. The number of hydrogen-bond acceptors (Lipinski definition) is 2. The van der Waals surface area contributed by atoms with Crippen LogP contribution in [0.15, 0.2) is 42.5 Å². The van der Waals surface area contributed by atoms with Gasteiger partial charge in [-0.05, 0) is 23.8 Å². The lowest BCUT2D eigenvalue weighted by atomic mass is 10.2. The van der Waals surface area contributed by atoms with Crippen LogP contribution in [-0.4, -0.2) is 19.0 Å².